The van der Waals surface area contributed by atoms with Crippen LogP contribution in [-0.2, 0) is 10.0 Å². The highest BCUT2D eigenvalue weighted by Gasteiger charge is 2.19. The molecule has 1 atom stereocenters. The molecule has 1 unspecified atom stereocenters. The molecule has 0 fully saturated rings. The van der Waals surface area contributed by atoms with E-state index >= 15 is 0 Å². The molecule has 9 heteroatoms. The lowest BCUT2D eigenvalue weighted by Gasteiger charge is -2.21. The van der Waals surface area contributed by atoms with Gasteiger partial charge in [-0.3, -0.25) is 9.52 Å². The van der Waals surface area contributed by atoms with Crippen molar-refractivity contribution in [2.24, 2.45) is 0 Å². The van der Waals surface area contributed by atoms with Crippen LogP contribution in [0.4, 0.5) is 5.69 Å². The number of sulfonamides is 1. The summed E-state index contributed by atoms with van der Waals surface area (Å²) in [6.45, 7) is 2.80. The van der Waals surface area contributed by atoms with E-state index in [0.29, 0.717) is 24.7 Å². The van der Waals surface area contributed by atoms with E-state index in [4.69, 9.17) is 21.1 Å². The molecule has 32 heavy (non-hydrogen) atoms. The highest BCUT2D eigenvalue weighted by Crippen LogP contribution is 2.33. The molecule has 0 saturated heterocycles. The maximum absolute atomic E-state index is 12.9. The molecule has 0 aromatic heterocycles. The average Bonchev–Trinajstić information content (AvgIpc) is 2.80. The number of hydrogen-bond donors (Lipinski definition) is 2. The fraction of sp³-hybridized carbons (Fsp3) is 0.174. The summed E-state index contributed by atoms with van der Waals surface area (Å²) >= 11 is 6.23. The van der Waals surface area contributed by atoms with Gasteiger partial charge >= 0.3 is 0 Å². The molecule has 1 aliphatic rings. The number of carbonyl (C=O) groups is 1. The van der Waals surface area contributed by atoms with Crippen molar-refractivity contribution in [3.8, 4) is 11.5 Å². The SMILES string of the molecule is CC(NC(=O)c1cc(NS(=O)(=O)c2ccccc2)ccc1Cl)c1ccc2c(c1)OCCO2. The van der Waals surface area contributed by atoms with Crippen molar-refractivity contribution in [2.45, 2.75) is 17.9 Å². The summed E-state index contributed by atoms with van der Waals surface area (Å²) in [6, 6.07) is 17.5. The second-order valence-corrected chi connectivity index (χ2v) is 9.30. The summed E-state index contributed by atoms with van der Waals surface area (Å²) in [5.41, 5.74) is 1.22. The van der Waals surface area contributed by atoms with E-state index in [1.54, 1.807) is 24.3 Å². The van der Waals surface area contributed by atoms with Crippen LogP contribution in [0.5, 0.6) is 11.5 Å². The molecule has 4 rings (SSSR count). The van der Waals surface area contributed by atoms with Gasteiger partial charge in [0.2, 0.25) is 0 Å². The molecule has 3 aromatic carbocycles. The molecule has 3 aromatic rings. The second-order valence-electron chi connectivity index (χ2n) is 7.21. The van der Waals surface area contributed by atoms with Gasteiger partial charge in [-0.2, -0.15) is 0 Å². The number of rotatable bonds is 6. The summed E-state index contributed by atoms with van der Waals surface area (Å²) < 4.78 is 38.8. The molecule has 1 aliphatic heterocycles. The van der Waals surface area contributed by atoms with Gasteiger partial charge < -0.3 is 14.8 Å². The predicted molar refractivity (Wildman–Crippen MR) is 122 cm³/mol. The van der Waals surface area contributed by atoms with E-state index in [2.05, 4.69) is 10.0 Å². The summed E-state index contributed by atoms with van der Waals surface area (Å²) in [7, 11) is -3.79. The Morgan fingerprint density at radius 3 is 2.44 bits per heavy atom. The minimum atomic E-state index is -3.79. The molecule has 0 saturated carbocycles. The van der Waals surface area contributed by atoms with Crippen LogP contribution in [0, 0.1) is 0 Å². The number of amides is 1. The number of benzene rings is 3. The Hall–Kier alpha value is -3.23. The smallest absolute Gasteiger partial charge is 0.261 e. The summed E-state index contributed by atoms with van der Waals surface area (Å²) in [6.07, 6.45) is 0. The summed E-state index contributed by atoms with van der Waals surface area (Å²) in [4.78, 5) is 13.0. The van der Waals surface area contributed by atoms with E-state index in [0.717, 1.165) is 5.56 Å². The van der Waals surface area contributed by atoms with E-state index < -0.39 is 15.9 Å². The van der Waals surface area contributed by atoms with Gasteiger partial charge in [-0.1, -0.05) is 35.9 Å². The third-order valence-corrected chi connectivity index (χ3v) is 6.66. The zero-order chi connectivity index (χ0) is 22.7. The van der Waals surface area contributed by atoms with Crippen molar-refractivity contribution in [1.82, 2.24) is 5.32 Å². The number of carbonyl (C=O) groups excluding carboxylic acids is 1. The van der Waals surface area contributed by atoms with Crippen LogP contribution in [-0.4, -0.2) is 27.5 Å². The number of anilines is 1. The lowest BCUT2D eigenvalue weighted by Crippen LogP contribution is -2.27. The van der Waals surface area contributed by atoms with Gasteiger partial charge in [-0.05, 0) is 55.0 Å². The van der Waals surface area contributed by atoms with Crippen molar-refractivity contribution in [1.29, 1.82) is 0 Å². The Morgan fingerprint density at radius 1 is 0.969 bits per heavy atom. The first-order valence-corrected chi connectivity index (χ1v) is 11.8. The van der Waals surface area contributed by atoms with Crippen molar-refractivity contribution in [2.75, 3.05) is 17.9 Å². The predicted octanol–water partition coefficient (Wildman–Crippen LogP) is 4.40. The average molecular weight is 473 g/mol. The van der Waals surface area contributed by atoms with Crippen LogP contribution in [0.3, 0.4) is 0 Å². The van der Waals surface area contributed by atoms with Crippen molar-refractivity contribution < 1.29 is 22.7 Å². The Morgan fingerprint density at radius 2 is 1.69 bits per heavy atom. The standard InChI is InChI=1S/C23H21ClN2O5S/c1-15(16-7-10-21-22(13-16)31-12-11-30-21)25-23(27)19-14-17(8-9-20(19)24)26-32(28,29)18-5-3-2-4-6-18/h2-10,13-15,26H,11-12H2,1H3,(H,25,27). The third kappa shape index (κ3) is 4.81. The first-order chi connectivity index (χ1) is 15.3. The van der Waals surface area contributed by atoms with Gasteiger partial charge in [-0.15, -0.1) is 0 Å². The first-order valence-electron chi connectivity index (χ1n) is 9.91. The van der Waals surface area contributed by atoms with Gasteiger partial charge in [0.25, 0.3) is 15.9 Å². The van der Waals surface area contributed by atoms with Gasteiger partial charge in [0.05, 0.1) is 21.5 Å². The van der Waals surface area contributed by atoms with Crippen LogP contribution in [0.2, 0.25) is 5.02 Å². The van der Waals surface area contributed by atoms with Crippen LogP contribution in [0.15, 0.2) is 71.6 Å². The largest absolute Gasteiger partial charge is 0.486 e. The molecule has 2 N–H and O–H groups in total. The molecule has 0 spiro atoms. The number of nitrogens with one attached hydrogen (secondary N) is 2. The molecule has 0 bridgehead atoms. The zero-order valence-corrected chi connectivity index (χ0v) is 18.7. The third-order valence-electron chi connectivity index (χ3n) is 4.93. The fourth-order valence-electron chi connectivity index (χ4n) is 3.26. The van der Waals surface area contributed by atoms with E-state index in [-0.39, 0.29) is 27.2 Å². The van der Waals surface area contributed by atoms with Crippen molar-refractivity contribution in [3.63, 3.8) is 0 Å². The monoisotopic (exact) mass is 472 g/mol. The van der Waals surface area contributed by atoms with Crippen LogP contribution in [0.1, 0.15) is 28.9 Å². The number of fused-ring (bicyclic) bond motifs is 1. The topological polar surface area (TPSA) is 93.7 Å². The molecule has 7 nitrogen and oxygen atoms in total. The summed E-state index contributed by atoms with van der Waals surface area (Å²) in [5.74, 6) is 0.864. The highest BCUT2D eigenvalue weighted by atomic mass is 35.5. The molecule has 1 heterocycles. The van der Waals surface area contributed by atoms with Crippen molar-refractivity contribution >= 4 is 33.2 Å². The van der Waals surface area contributed by atoms with E-state index in [1.165, 1.54) is 30.3 Å². The number of hydrogen-bond acceptors (Lipinski definition) is 5. The molecule has 1 amide bonds. The highest BCUT2D eigenvalue weighted by molar-refractivity contribution is 7.92. The van der Waals surface area contributed by atoms with Gasteiger partial charge in [0, 0.05) is 5.69 Å². The quantitative estimate of drug-likeness (QED) is 0.554. The van der Waals surface area contributed by atoms with Crippen LogP contribution >= 0.6 is 11.6 Å². The lowest BCUT2D eigenvalue weighted by atomic mass is 10.1. The Labute approximate surface area is 191 Å². The molecule has 0 aliphatic carbocycles. The Kier molecular flexibility index (Phi) is 6.25. The first kappa shape index (κ1) is 22.0. The zero-order valence-electron chi connectivity index (χ0n) is 17.2. The Bertz CT molecular complexity index is 1250. The van der Waals surface area contributed by atoms with E-state index in [9.17, 15) is 13.2 Å². The maximum atomic E-state index is 12.9. The minimum Gasteiger partial charge on any atom is -0.486 e. The van der Waals surface area contributed by atoms with Gasteiger partial charge in [0.15, 0.2) is 11.5 Å². The normalized spacial score (nSPS) is 13.8. The molecule has 0 radical (unpaired) electrons. The van der Waals surface area contributed by atoms with Crippen LogP contribution in [0.25, 0.3) is 0 Å². The van der Waals surface area contributed by atoms with Crippen molar-refractivity contribution in [3.05, 3.63) is 82.9 Å². The maximum Gasteiger partial charge on any atom is 0.261 e. The van der Waals surface area contributed by atoms with Gasteiger partial charge in [-0.25, -0.2) is 8.42 Å². The van der Waals surface area contributed by atoms with Gasteiger partial charge in [0.1, 0.15) is 13.2 Å². The number of ether oxygens (including phenoxy) is 2. The fourth-order valence-corrected chi connectivity index (χ4v) is 4.54. The van der Waals surface area contributed by atoms with E-state index in [1.807, 2.05) is 19.1 Å². The molecular weight excluding hydrogens is 452 g/mol. The second kappa shape index (κ2) is 9.10. The number of halogens is 1. The van der Waals surface area contributed by atoms with Crippen LogP contribution < -0.4 is 19.5 Å². The minimum absolute atomic E-state index is 0.119. The lowest BCUT2D eigenvalue weighted by molar-refractivity contribution is 0.0940. The molecule has 166 valence electrons. The molecular formula is C23H21ClN2O5S. The Balaban J connectivity index is 1.51. The summed E-state index contributed by atoms with van der Waals surface area (Å²) in [5, 5.41) is 3.09.